The van der Waals surface area contributed by atoms with Crippen molar-refractivity contribution in [2.45, 2.75) is 32.1 Å². The predicted molar refractivity (Wildman–Crippen MR) is 84.1 cm³/mol. The zero-order valence-corrected chi connectivity index (χ0v) is 12.2. The van der Waals surface area contributed by atoms with Gasteiger partial charge in [-0.2, -0.15) is 0 Å². The molecule has 0 aliphatic heterocycles. The maximum atomic E-state index is 8.87. The van der Waals surface area contributed by atoms with Crippen LogP contribution in [0.5, 0.6) is 0 Å². The first kappa shape index (κ1) is 14.8. The number of hydrogen-bond acceptors (Lipinski definition) is 5. The Morgan fingerprint density at radius 2 is 2.00 bits per heavy atom. The van der Waals surface area contributed by atoms with Crippen molar-refractivity contribution in [2.24, 2.45) is 0 Å². The molecule has 0 aliphatic carbocycles. The van der Waals surface area contributed by atoms with Crippen LogP contribution in [-0.2, 0) is 6.54 Å². The lowest BCUT2D eigenvalue weighted by molar-refractivity contribution is 0.401. The van der Waals surface area contributed by atoms with Gasteiger partial charge < -0.3 is 19.0 Å². The molecule has 0 saturated heterocycles. The van der Waals surface area contributed by atoms with Crippen LogP contribution in [0.3, 0.4) is 0 Å². The number of oxazole rings is 1. The standard InChI is InChI=1S/C15H18BN3O3/c20-16(21)8-4-1-5-9-19-13-7-3-2-6-12(13)18-15(19)14-10-17-11-22-14/h2-3,6-7,10-11,20-21H,1,4-5,8-9H2. The number of rotatable bonds is 7. The van der Waals surface area contributed by atoms with Gasteiger partial charge in [-0.15, -0.1) is 0 Å². The Labute approximate surface area is 128 Å². The van der Waals surface area contributed by atoms with Gasteiger partial charge in [0, 0.05) is 6.54 Å². The molecule has 0 unspecified atom stereocenters. The van der Waals surface area contributed by atoms with Crippen LogP contribution in [0.4, 0.5) is 0 Å². The number of aromatic nitrogens is 3. The van der Waals surface area contributed by atoms with Crippen LogP contribution in [-0.4, -0.2) is 31.7 Å². The molecule has 2 aromatic heterocycles. The number of hydrogen-bond donors (Lipinski definition) is 2. The highest BCUT2D eigenvalue weighted by Gasteiger charge is 2.14. The minimum absolute atomic E-state index is 0.416. The molecule has 2 N–H and O–H groups in total. The first-order valence-corrected chi connectivity index (χ1v) is 7.46. The molecule has 7 heteroatoms. The van der Waals surface area contributed by atoms with Crippen molar-refractivity contribution in [1.29, 1.82) is 0 Å². The summed E-state index contributed by atoms with van der Waals surface area (Å²) in [5.41, 5.74) is 2.00. The summed E-state index contributed by atoms with van der Waals surface area (Å²) >= 11 is 0. The molecular formula is C15H18BN3O3. The van der Waals surface area contributed by atoms with Crippen LogP contribution in [0, 0.1) is 0 Å². The van der Waals surface area contributed by atoms with E-state index in [9.17, 15) is 0 Å². The summed E-state index contributed by atoms with van der Waals surface area (Å²) in [7, 11) is -1.21. The Morgan fingerprint density at radius 1 is 1.14 bits per heavy atom. The van der Waals surface area contributed by atoms with Gasteiger partial charge in [-0.3, -0.25) is 0 Å². The van der Waals surface area contributed by atoms with Crippen molar-refractivity contribution in [3.05, 3.63) is 36.9 Å². The molecule has 22 heavy (non-hydrogen) atoms. The molecule has 0 saturated carbocycles. The number of unbranched alkanes of at least 4 members (excludes halogenated alkanes) is 2. The van der Waals surface area contributed by atoms with E-state index in [2.05, 4.69) is 14.5 Å². The zero-order chi connectivity index (χ0) is 15.4. The third-order valence-electron chi connectivity index (χ3n) is 3.65. The Bertz CT molecular complexity index is 725. The van der Waals surface area contributed by atoms with E-state index in [1.165, 1.54) is 6.39 Å². The van der Waals surface area contributed by atoms with Crippen LogP contribution < -0.4 is 0 Å². The molecule has 0 bridgehead atoms. The minimum Gasteiger partial charge on any atom is -0.440 e. The molecule has 3 aromatic rings. The highest BCUT2D eigenvalue weighted by molar-refractivity contribution is 6.40. The average molecular weight is 299 g/mol. The Morgan fingerprint density at radius 3 is 2.77 bits per heavy atom. The second-order valence-corrected chi connectivity index (χ2v) is 5.27. The smallest absolute Gasteiger partial charge is 0.440 e. The number of nitrogens with zero attached hydrogens (tertiary/aromatic N) is 3. The number of fused-ring (bicyclic) bond motifs is 1. The largest absolute Gasteiger partial charge is 0.451 e. The molecular weight excluding hydrogens is 281 g/mol. The SMILES string of the molecule is OB(O)CCCCCn1c(-c2cnco2)nc2ccccc21. The lowest BCUT2D eigenvalue weighted by Gasteiger charge is -2.07. The Balaban J connectivity index is 1.79. The minimum atomic E-state index is -1.21. The van der Waals surface area contributed by atoms with Crippen molar-refractivity contribution in [3.63, 3.8) is 0 Å². The summed E-state index contributed by atoms with van der Waals surface area (Å²) in [6, 6.07) is 7.98. The first-order valence-electron chi connectivity index (χ1n) is 7.46. The molecule has 0 aliphatic rings. The molecule has 0 amide bonds. The fraction of sp³-hybridized carbons (Fsp3) is 0.333. The van der Waals surface area contributed by atoms with E-state index >= 15 is 0 Å². The van der Waals surface area contributed by atoms with Crippen LogP contribution in [0.2, 0.25) is 6.32 Å². The van der Waals surface area contributed by atoms with Crippen molar-refractivity contribution < 1.29 is 14.5 Å². The zero-order valence-electron chi connectivity index (χ0n) is 12.2. The number of aryl methyl sites for hydroxylation is 1. The third-order valence-corrected chi connectivity index (χ3v) is 3.65. The van der Waals surface area contributed by atoms with E-state index in [1.54, 1.807) is 6.20 Å². The second kappa shape index (κ2) is 6.76. The van der Waals surface area contributed by atoms with Crippen molar-refractivity contribution in [1.82, 2.24) is 14.5 Å². The maximum Gasteiger partial charge on any atom is 0.451 e. The highest BCUT2D eigenvalue weighted by Crippen LogP contribution is 2.25. The third kappa shape index (κ3) is 3.21. The molecule has 0 fully saturated rings. The summed E-state index contributed by atoms with van der Waals surface area (Å²) < 4.78 is 7.52. The van der Waals surface area contributed by atoms with E-state index in [4.69, 9.17) is 14.5 Å². The van der Waals surface area contributed by atoms with E-state index in [0.29, 0.717) is 12.1 Å². The number of benzene rings is 1. The van der Waals surface area contributed by atoms with Crippen LogP contribution >= 0.6 is 0 Å². The Kier molecular flexibility index (Phi) is 4.55. The van der Waals surface area contributed by atoms with Gasteiger partial charge >= 0.3 is 7.12 Å². The fourth-order valence-corrected chi connectivity index (χ4v) is 2.59. The fourth-order valence-electron chi connectivity index (χ4n) is 2.59. The monoisotopic (exact) mass is 299 g/mol. The van der Waals surface area contributed by atoms with Gasteiger partial charge in [0.2, 0.25) is 0 Å². The lowest BCUT2D eigenvalue weighted by atomic mass is 9.83. The number of para-hydroxylation sites is 2. The molecule has 2 heterocycles. The molecule has 0 radical (unpaired) electrons. The Hall–Kier alpha value is -2.12. The van der Waals surface area contributed by atoms with E-state index < -0.39 is 7.12 Å². The van der Waals surface area contributed by atoms with Gasteiger partial charge in [0.15, 0.2) is 18.0 Å². The summed E-state index contributed by atoms with van der Waals surface area (Å²) in [4.78, 5) is 8.59. The topological polar surface area (TPSA) is 84.3 Å². The van der Waals surface area contributed by atoms with Gasteiger partial charge in [0.05, 0.1) is 17.2 Å². The summed E-state index contributed by atoms with van der Waals surface area (Å²) in [5, 5.41) is 17.7. The molecule has 6 nitrogen and oxygen atoms in total. The van der Waals surface area contributed by atoms with Crippen LogP contribution in [0.15, 0.2) is 41.3 Å². The molecule has 0 atom stereocenters. The highest BCUT2D eigenvalue weighted by atomic mass is 16.4. The van der Waals surface area contributed by atoms with E-state index in [1.807, 2.05) is 24.3 Å². The molecule has 3 rings (SSSR count). The van der Waals surface area contributed by atoms with E-state index in [0.717, 1.165) is 42.7 Å². The molecule has 114 valence electrons. The lowest BCUT2D eigenvalue weighted by Crippen LogP contribution is -2.09. The van der Waals surface area contributed by atoms with Crippen LogP contribution in [0.25, 0.3) is 22.6 Å². The predicted octanol–water partition coefficient (Wildman–Crippen LogP) is 2.33. The quantitative estimate of drug-likeness (QED) is 0.516. The van der Waals surface area contributed by atoms with Crippen molar-refractivity contribution >= 4 is 18.2 Å². The van der Waals surface area contributed by atoms with Gasteiger partial charge in [0.25, 0.3) is 0 Å². The van der Waals surface area contributed by atoms with Crippen LogP contribution in [0.1, 0.15) is 19.3 Å². The normalized spacial score (nSPS) is 11.2. The van der Waals surface area contributed by atoms with E-state index in [-0.39, 0.29) is 0 Å². The number of imidazole rings is 1. The maximum absolute atomic E-state index is 8.87. The van der Waals surface area contributed by atoms with Gasteiger partial charge in [-0.05, 0) is 24.9 Å². The van der Waals surface area contributed by atoms with Crippen molar-refractivity contribution in [3.8, 4) is 11.6 Å². The first-order chi connectivity index (χ1) is 10.8. The summed E-state index contributed by atoms with van der Waals surface area (Å²) in [6.45, 7) is 0.804. The van der Waals surface area contributed by atoms with Crippen molar-refractivity contribution in [2.75, 3.05) is 0 Å². The second-order valence-electron chi connectivity index (χ2n) is 5.27. The molecule has 1 aromatic carbocycles. The summed E-state index contributed by atoms with van der Waals surface area (Å²) in [5.74, 6) is 1.43. The molecule has 0 spiro atoms. The summed E-state index contributed by atoms with van der Waals surface area (Å²) in [6.07, 6.45) is 6.15. The van der Waals surface area contributed by atoms with Gasteiger partial charge in [-0.1, -0.05) is 25.0 Å². The average Bonchev–Trinajstić information content (AvgIpc) is 3.14. The van der Waals surface area contributed by atoms with Gasteiger partial charge in [-0.25, -0.2) is 9.97 Å². The van der Waals surface area contributed by atoms with Gasteiger partial charge in [0.1, 0.15) is 0 Å².